The van der Waals surface area contributed by atoms with E-state index in [2.05, 4.69) is 15.3 Å². The van der Waals surface area contributed by atoms with Crippen LogP contribution in [0.25, 0.3) is 0 Å². The summed E-state index contributed by atoms with van der Waals surface area (Å²) in [6.45, 7) is 0.881. The number of nitrogens with zero attached hydrogens (tertiary/aromatic N) is 3. The van der Waals surface area contributed by atoms with Gasteiger partial charge in [0, 0.05) is 12.7 Å². The number of sulfonamides is 1. The summed E-state index contributed by atoms with van der Waals surface area (Å²) in [5.41, 5.74) is 7.42. The minimum Gasteiger partial charge on any atom is -0.370 e. The molecule has 134 valence electrons. The third-order valence-electron chi connectivity index (χ3n) is 3.65. The van der Waals surface area contributed by atoms with Crippen molar-refractivity contribution in [3.05, 3.63) is 54.2 Å². The average molecular weight is 473 g/mol. The van der Waals surface area contributed by atoms with E-state index in [1.165, 1.54) is 4.31 Å². The van der Waals surface area contributed by atoms with Gasteiger partial charge in [0.25, 0.3) is 0 Å². The Balaban J connectivity index is 0.00000225. The topological polar surface area (TPSA) is 101 Å². The molecule has 0 atom stereocenters. The standard InChI is InChI=1S/C16H19N5O2S.HI/c17-16(20-15-7-1-2-8-18-15)19-12-13-5-3-6-14(11-13)21-9-4-10-24(21,22)23;/h1-3,5-8,11H,4,9-10,12H2,(H3,17,18,19,20);1H. The highest BCUT2D eigenvalue weighted by molar-refractivity contribution is 14.0. The molecule has 9 heteroatoms. The van der Waals surface area contributed by atoms with Gasteiger partial charge in [0.1, 0.15) is 5.82 Å². The van der Waals surface area contributed by atoms with Crippen LogP contribution < -0.4 is 15.4 Å². The van der Waals surface area contributed by atoms with Crippen LogP contribution in [-0.2, 0) is 16.6 Å². The summed E-state index contributed by atoms with van der Waals surface area (Å²) >= 11 is 0. The molecule has 0 spiro atoms. The number of pyridine rings is 1. The molecule has 1 aromatic heterocycles. The van der Waals surface area contributed by atoms with Gasteiger partial charge in [-0.2, -0.15) is 0 Å². The Morgan fingerprint density at radius 1 is 1.28 bits per heavy atom. The molecule has 0 radical (unpaired) electrons. The first kappa shape index (κ1) is 19.4. The molecule has 2 heterocycles. The van der Waals surface area contributed by atoms with Gasteiger partial charge in [0.2, 0.25) is 10.0 Å². The maximum absolute atomic E-state index is 12.0. The molecule has 0 unspecified atom stereocenters. The fourth-order valence-electron chi connectivity index (χ4n) is 2.52. The highest BCUT2D eigenvalue weighted by atomic mass is 127. The van der Waals surface area contributed by atoms with Gasteiger partial charge < -0.3 is 11.1 Å². The molecule has 0 amide bonds. The van der Waals surface area contributed by atoms with Crippen molar-refractivity contribution in [1.82, 2.24) is 4.98 Å². The first-order chi connectivity index (χ1) is 11.5. The van der Waals surface area contributed by atoms with Crippen LogP contribution >= 0.6 is 24.0 Å². The molecule has 3 N–H and O–H groups in total. The van der Waals surface area contributed by atoms with Gasteiger partial charge in [-0.15, -0.1) is 24.0 Å². The summed E-state index contributed by atoms with van der Waals surface area (Å²) in [7, 11) is -3.18. The van der Waals surface area contributed by atoms with Gasteiger partial charge in [-0.1, -0.05) is 18.2 Å². The lowest BCUT2D eigenvalue weighted by molar-refractivity contribution is 0.599. The third-order valence-corrected chi connectivity index (χ3v) is 5.52. The predicted molar refractivity (Wildman–Crippen MR) is 111 cm³/mol. The second-order valence-electron chi connectivity index (χ2n) is 5.45. The number of nitrogens with two attached hydrogens (primary N) is 1. The number of aromatic nitrogens is 1. The number of hydrogen-bond donors (Lipinski definition) is 2. The molecule has 1 aliphatic heterocycles. The van der Waals surface area contributed by atoms with Crippen LogP contribution in [0.1, 0.15) is 12.0 Å². The molecule has 25 heavy (non-hydrogen) atoms. The van der Waals surface area contributed by atoms with Crippen molar-refractivity contribution in [1.29, 1.82) is 0 Å². The number of guanidine groups is 1. The fourth-order valence-corrected chi connectivity index (χ4v) is 4.08. The number of nitrogens with one attached hydrogen (secondary N) is 1. The quantitative estimate of drug-likeness (QED) is 0.403. The van der Waals surface area contributed by atoms with Gasteiger partial charge >= 0.3 is 0 Å². The second-order valence-corrected chi connectivity index (χ2v) is 7.47. The summed E-state index contributed by atoms with van der Waals surface area (Å²) in [6.07, 6.45) is 2.32. The summed E-state index contributed by atoms with van der Waals surface area (Å²) in [5, 5.41) is 2.91. The molecular formula is C16H20IN5O2S. The van der Waals surface area contributed by atoms with Gasteiger partial charge in [-0.25, -0.2) is 18.4 Å². The monoisotopic (exact) mass is 473 g/mol. The SMILES string of the molecule is I.NC(=NCc1cccc(N2CCCS2(=O)=O)c1)Nc1ccccn1. The zero-order valence-corrected chi connectivity index (χ0v) is 16.6. The van der Waals surface area contributed by atoms with Crippen molar-refractivity contribution in [2.24, 2.45) is 10.7 Å². The van der Waals surface area contributed by atoms with Crippen LogP contribution in [0.3, 0.4) is 0 Å². The predicted octanol–water partition coefficient (Wildman–Crippen LogP) is 2.17. The normalized spacial score (nSPS) is 16.3. The molecule has 3 rings (SSSR count). The van der Waals surface area contributed by atoms with Gasteiger partial charge in [0.05, 0.1) is 18.0 Å². The molecule has 0 aliphatic carbocycles. The van der Waals surface area contributed by atoms with Crippen LogP contribution in [0.15, 0.2) is 53.7 Å². The summed E-state index contributed by atoms with van der Waals surface area (Å²) < 4.78 is 25.5. The fraction of sp³-hybridized carbons (Fsp3) is 0.250. The molecule has 1 saturated heterocycles. The van der Waals surface area contributed by atoms with Crippen molar-refractivity contribution < 1.29 is 8.42 Å². The van der Waals surface area contributed by atoms with E-state index in [1.54, 1.807) is 18.3 Å². The molecule has 1 fully saturated rings. The van der Waals surface area contributed by atoms with Crippen LogP contribution in [0, 0.1) is 0 Å². The van der Waals surface area contributed by atoms with Crippen molar-refractivity contribution >= 4 is 51.5 Å². The average Bonchev–Trinajstić information content (AvgIpc) is 2.93. The maximum atomic E-state index is 12.0. The maximum Gasteiger partial charge on any atom is 0.235 e. The molecule has 1 aliphatic rings. The van der Waals surface area contributed by atoms with Gasteiger partial charge in [-0.3, -0.25) is 4.31 Å². The Bertz CT molecular complexity index is 843. The molecule has 2 aromatic rings. The van der Waals surface area contributed by atoms with E-state index >= 15 is 0 Å². The first-order valence-electron chi connectivity index (χ1n) is 7.62. The summed E-state index contributed by atoms with van der Waals surface area (Å²) in [4.78, 5) is 8.38. The van der Waals surface area contributed by atoms with E-state index < -0.39 is 10.0 Å². The van der Waals surface area contributed by atoms with Crippen LogP contribution in [0.5, 0.6) is 0 Å². The van der Waals surface area contributed by atoms with Crippen molar-refractivity contribution in [2.45, 2.75) is 13.0 Å². The minimum absolute atomic E-state index is 0. The lowest BCUT2D eigenvalue weighted by Gasteiger charge is -2.17. The Morgan fingerprint density at radius 2 is 2.12 bits per heavy atom. The molecular weight excluding hydrogens is 453 g/mol. The summed E-state index contributed by atoms with van der Waals surface area (Å²) in [5.74, 6) is 1.08. The third kappa shape index (κ3) is 5.05. The minimum atomic E-state index is -3.18. The van der Waals surface area contributed by atoms with Crippen LogP contribution in [0.4, 0.5) is 11.5 Å². The van der Waals surface area contributed by atoms with E-state index in [0.717, 1.165) is 5.56 Å². The summed E-state index contributed by atoms with van der Waals surface area (Å²) in [6, 6.07) is 12.8. The number of anilines is 2. The van der Waals surface area contributed by atoms with Crippen molar-refractivity contribution in [3.8, 4) is 0 Å². The first-order valence-corrected chi connectivity index (χ1v) is 9.23. The lowest BCUT2D eigenvalue weighted by Crippen LogP contribution is -2.25. The van der Waals surface area contributed by atoms with E-state index in [1.807, 2.05) is 30.3 Å². The van der Waals surface area contributed by atoms with E-state index in [0.29, 0.717) is 31.0 Å². The Kier molecular flexibility index (Phi) is 6.59. The lowest BCUT2D eigenvalue weighted by atomic mass is 10.2. The molecule has 1 aromatic carbocycles. The number of aliphatic imine (C=N–C) groups is 1. The Labute approximate surface area is 164 Å². The van der Waals surface area contributed by atoms with Gasteiger partial charge in [-0.05, 0) is 36.2 Å². The number of halogens is 1. The second kappa shape index (κ2) is 8.48. The zero-order valence-electron chi connectivity index (χ0n) is 13.5. The molecule has 0 bridgehead atoms. The number of rotatable bonds is 4. The zero-order chi connectivity index (χ0) is 17.0. The Hall–Kier alpha value is -1.88. The largest absolute Gasteiger partial charge is 0.370 e. The smallest absolute Gasteiger partial charge is 0.235 e. The van der Waals surface area contributed by atoms with Crippen molar-refractivity contribution in [2.75, 3.05) is 21.9 Å². The van der Waals surface area contributed by atoms with Crippen LogP contribution in [0.2, 0.25) is 0 Å². The van der Waals surface area contributed by atoms with Gasteiger partial charge in [0.15, 0.2) is 5.96 Å². The highest BCUT2D eigenvalue weighted by Gasteiger charge is 2.28. The number of hydrogen-bond acceptors (Lipinski definition) is 4. The molecule has 0 saturated carbocycles. The van der Waals surface area contributed by atoms with E-state index in [-0.39, 0.29) is 35.7 Å². The van der Waals surface area contributed by atoms with E-state index in [4.69, 9.17) is 5.73 Å². The molecule has 7 nitrogen and oxygen atoms in total. The highest BCUT2D eigenvalue weighted by Crippen LogP contribution is 2.24. The Morgan fingerprint density at radius 3 is 2.80 bits per heavy atom. The van der Waals surface area contributed by atoms with Crippen molar-refractivity contribution in [3.63, 3.8) is 0 Å². The number of benzene rings is 1. The van der Waals surface area contributed by atoms with E-state index in [9.17, 15) is 8.42 Å². The van der Waals surface area contributed by atoms with Crippen LogP contribution in [-0.4, -0.2) is 31.7 Å².